The standard InChI is InChI=1S/C7H11N3O2S/c1-3-12-5(2)7(11)9-6-4-8-10-13-6/h4-5H,3H2,1-2H3,(H,9,11)/t5-/m1/s1. The lowest BCUT2D eigenvalue weighted by molar-refractivity contribution is -0.126. The van der Waals surface area contributed by atoms with Crippen molar-refractivity contribution in [3.8, 4) is 0 Å². The summed E-state index contributed by atoms with van der Waals surface area (Å²) in [4.78, 5) is 11.3. The molecule has 13 heavy (non-hydrogen) atoms. The molecule has 1 N–H and O–H groups in total. The van der Waals surface area contributed by atoms with Crippen LogP contribution in [-0.2, 0) is 9.53 Å². The maximum atomic E-state index is 11.3. The van der Waals surface area contributed by atoms with E-state index < -0.39 is 6.10 Å². The number of amides is 1. The highest BCUT2D eigenvalue weighted by Crippen LogP contribution is 2.09. The number of rotatable bonds is 4. The molecule has 0 spiro atoms. The summed E-state index contributed by atoms with van der Waals surface area (Å²) in [7, 11) is 0. The zero-order chi connectivity index (χ0) is 9.68. The number of anilines is 1. The van der Waals surface area contributed by atoms with Gasteiger partial charge in [0.05, 0.1) is 6.20 Å². The number of hydrogen-bond donors (Lipinski definition) is 1. The van der Waals surface area contributed by atoms with Gasteiger partial charge in [-0.1, -0.05) is 4.49 Å². The van der Waals surface area contributed by atoms with Gasteiger partial charge in [0.15, 0.2) is 0 Å². The molecule has 0 bridgehead atoms. The molecule has 0 radical (unpaired) electrons. The van der Waals surface area contributed by atoms with Gasteiger partial charge in [-0.2, -0.15) is 0 Å². The van der Waals surface area contributed by atoms with E-state index in [0.29, 0.717) is 11.6 Å². The zero-order valence-corrected chi connectivity index (χ0v) is 8.30. The number of ether oxygens (including phenoxy) is 1. The maximum absolute atomic E-state index is 11.3. The van der Waals surface area contributed by atoms with Crippen molar-refractivity contribution < 1.29 is 9.53 Å². The van der Waals surface area contributed by atoms with Crippen LogP contribution < -0.4 is 5.32 Å². The Bertz CT molecular complexity index is 263. The van der Waals surface area contributed by atoms with Crippen LogP contribution in [0.2, 0.25) is 0 Å². The molecule has 0 aliphatic heterocycles. The predicted octanol–water partition coefficient (Wildman–Crippen LogP) is 0.902. The third kappa shape index (κ3) is 3.08. The number of nitrogens with one attached hydrogen (secondary N) is 1. The first kappa shape index (κ1) is 10.1. The Hall–Kier alpha value is -1.01. The molecule has 1 aromatic rings. The summed E-state index contributed by atoms with van der Waals surface area (Å²) in [6, 6.07) is 0. The van der Waals surface area contributed by atoms with Gasteiger partial charge < -0.3 is 10.1 Å². The van der Waals surface area contributed by atoms with Crippen LogP contribution >= 0.6 is 11.5 Å². The molecule has 0 aromatic carbocycles. The minimum absolute atomic E-state index is 0.173. The van der Waals surface area contributed by atoms with Crippen molar-refractivity contribution >= 4 is 22.4 Å². The first-order chi connectivity index (χ1) is 6.24. The van der Waals surface area contributed by atoms with E-state index in [1.807, 2.05) is 6.92 Å². The average Bonchev–Trinajstić information content (AvgIpc) is 2.57. The Morgan fingerprint density at radius 2 is 2.62 bits per heavy atom. The van der Waals surface area contributed by atoms with Gasteiger partial charge in [0.25, 0.3) is 5.91 Å². The van der Waals surface area contributed by atoms with E-state index in [-0.39, 0.29) is 5.91 Å². The molecule has 6 heteroatoms. The molecule has 0 unspecified atom stereocenters. The highest BCUT2D eigenvalue weighted by atomic mass is 32.1. The molecule has 0 aliphatic carbocycles. The normalized spacial score (nSPS) is 12.5. The van der Waals surface area contributed by atoms with Gasteiger partial charge in [-0.25, -0.2) is 0 Å². The Balaban J connectivity index is 2.41. The lowest BCUT2D eigenvalue weighted by Crippen LogP contribution is -2.27. The maximum Gasteiger partial charge on any atom is 0.253 e. The van der Waals surface area contributed by atoms with Crippen molar-refractivity contribution in [3.63, 3.8) is 0 Å². The number of aromatic nitrogens is 2. The first-order valence-electron chi connectivity index (χ1n) is 3.94. The van der Waals surface area contributed by atoms with Gasteiger partial charge in [-0.3, -0.25) is 4.79 Å². The molecule has 1 rings (SSSR count). The molecule has 1 atom stereocenters. The zero-order valence-electron chi connectivity index (χ0n) is 7.48. The van der Waals surface area contributed by atoms with Crippen molar-refractivity contribution in [1.29, 1.82) is 0 Å². The van der Waals surface area contributed by atoms with Crippen LogP contribution in [0.5, 0.6) is 0 Å². The van der Waals surface area contributed by atoms with Gasteiger partial charge >= 0.3 is 0 Å². The van der Waals surface area contributed by atoms with E-state index >= 15 is 0 Å². The fourth-order valence-corrected chi connectivity index (χ4v) is 1.19. The van der Waals surface area contributed by atoms with E-state index in [4.69, 9.17) is 4.74 Å². The van der Waals surface area contributed by atoms with Crippen LogP contribution in [0.25, 0.3) is 0 Å². The fraction of sp³-hybridized carbons (Fsp3) is 0.571. The smallest absolute Gasteiger partial charge is 0.253 e. The lowest BCUT2D eigenvalue weighted by atomic mass is 10.4. The van der Waals surface area contributed by atoms with Crippen LogP contribution in [0.3, 0.4) is 0 Å². The van der Waals surface area contributed by atoms with E-state index in [9.17, 15) is 4.79 Å². The van der Waals surface area contributed by atoms with E-state index in [1.54, 1.807) is 6.92 Å². The summed E-state index contributed by atoms with van der Waals surface area (Å²) in [5.74, 6) is -0.173. The van der Waals surface area contributed by atoms with Gasteiger partial charge in [0.1, 0.15) is 11.1 Å². The molecule has 0 fully saturated rings. The second-order valence-electron chi connectivity index (χ2n) is 2.37. The van der Waals surface area contributed by atoms with Gasteiger partial charge in [-0.05, 0) is 13.8 Å². The summed E-state index contributed by atoms with van der Waals surface area (Å²) < 4.78 is 8.72. The second-order valence-corrected chi connectivity index (χ2v) is 3.15. The van der Waals surface area contributed by atoms with Crippen LogP contribution in [0.1, 0.15) is 13.8 Å². The number of carbonyl (C=O) groups is 1. The second kappa shape index (κ2) is 4.88. The van der Waals surface area contributed by atoms with Crippen molar-refractivity contribution in [1.82, 2.24) is 9.59 Å². The summed E-state index contributed by atoms with van der Waals surface area (Å²) in [5.41, 5.74) is 0. The Morgan fingerprint density at radius 3 is 3.15 bits per heavy atom. The van der Waals surface area contributed by atoms with E-state index in [0.717, 1.165) is 11.5 Å². The predicted molar refractivity (Wildman–Crippen MR) is 49.6 cm³/mol. The van der Waals surface area contributed by atoms with E-state index in [2.05, 4.69) is 14.9 Å². The third-order valence-corrected chi connectivity index (χ3v) is 1.97. The molecule has 72 valence electrons. The Labute approximate surface area is 80.3 Å². The quantitative estimate of drug-likeness (QED) is 0.786. The number of hydrogen-bond acceptors (Lipinski definition) is 5. The number of nitrogens with zero attached hydrogens (tertiary/aromatic N) is 2. The molecular formula is C7H11N3O2S. The summed E-state index contributed by atoms with van der Waals surface area (Å²) >= 11 is 1.14. The van der Waals surface area contributed by atoms with Crippen LogP contribution in [0.15, 0.2) is 6.20 Å². The SMILES string of the molecule is CCO[C@H](C)C(=O)Nc1cnns1. The third-order valence-electron chi connectivity index (χ3n) is 1.39. The molecule has 0 aliphatic rings. The fourth-order valence-electron chi connectivity index (χ4n) is 0.771. The van der Waals surface area contributed by atoms with Crippen molar-refractivity contribution in [2.75, 3.05) is 11.9 Å². The van der Waals surface area contributed by atoms with Gasteiger partial charge in [-0.15, -0.1) is 5.10 Å². The van der Waals surface area contributed by atoms with Crippen LogP contribution in [-0.4, -0.2) is 28.2 Å². The Kier molecular flexibility index (Phi) is 3.78. The van der Waals surface area contributed by atoms with Gasteiger partial charge in [0, 0.05) is 18.1 Å². The molecule has 0 saturated heterocycles. The average molecular weight is 201 g/mol. The van der Waals surface area contributed by atoms with Crippen LogP contribution in [0.4, 0.5) is 5.00 Å². The van der Waals surface area contributed by atoms with Crippen LogP contribution in [0, 0.1) is 0 Å². The molecule has 5 nitrogen and oxygen atoms in total. The minimum atomic E-state index is -0.438. The summed E-state index contributed by atoms with van der Waals surface area (Å²) in [6.45, 7) is 4.07. The highest BCUT2D eigenvalue weighted by Gasteiger charge is 2.13. The lowest BCUT2D eigenvalue weighted by Gasteiger charge is -2.09. The summed E-state index contributed by atoms with van der Waals surface area (Å²) in [6.07, 6.45) is 1.06. The largest absolute Gasteiger partial charge is 0.369 e. The molecule has 1 heterocycles. The monoisotopic (exact) mass is 201 g/mol. The molecule has 1 aromatic heterocycles. The van der Waals surface area contributed by atoms with E-state index in [1.165, 1.54) is 6.20 Å². The van der Waals surface area contributed by atoms with Gasteiger partial charge in [0.2, 0.25) is 0 Å². The van der Waals surface area contributed by atoms with Crippen molar-refractivity contribution in [2.24, 2.45) is 0 Å². The molecule has 1 amide bonds. The highest BCUT2D eigenvalue weighted by molar-refractivity contribution is 7.10. The topological polar surface area (TPSA) is 64.1 Å². The number of carbonyl (C=O) groups excluding carboxylic acids is 1. The van der Waals surface area contributed by atoms with Crippen molar-refractivity contribution in [3.05, 3.63) is 6.20 Å². The molecular weight excluding hydrogens is 190 g/mol. The molecule has 0 saturated carbocycles. The summed E-state index contributed by atoms with van der Waals surface area (Å²) in [5, 5.41) is 6.87. The van der Waals surface area contributed by atoms with Crippen molar-refractivity contribution in [2.45, 2.75) is 20.0 Å². The minimum Gasteiger partial charge on any atom is -0.369 e. The first-order valence-corrected chi connectivity index (χ1v) is 4.71. The Morgan fingerprint density at radius 1 is 1.85 bits per heavy atom.